The summed E-state index contributed by atoms with van der Waals surface area (Å²) in [5.74, 6) is 1.60. The van der Waals surface area contributed by atoms with E-state index in [1.165, 1.54) is 0 Å². The van der Waals surface area contributed by atoms with Gasteiger partial charge in [-0.2, -0.15) is 0 Å². The molecule has 0 unspecified atom stereocenters. The van der Waals surface area contributed by atoms with Crippen molar-refractivity contribution in [2.45, 2.75) is 6.92 Å². The highest BCUT2D eigenvalue weighted by atomic mass is 16.5. The fourth-order valence-electron chi connectivity index (χ4n) is 1.42. The molecule has 0 fully saturated rings. The molecule has 2 N–H and O–H groups in total. The van der Waals surface area contributed by atoms with Gasteiger partial charge in [-0.05, 0) is 24.6 Å². The van der Waals surface area contributed by atoms with Crippen LogP contribution in [0.1, 0.15) is 11.1 Å². The summed E-state index contributed by atoms with van der Waals surface area (Å²) in [4.78, 5) is 0. The van der Waals surface area contributed by atoms with E-state index >= 15 is 0 Å². The van der Waals surface area contributed by atoms with Gasteiger partial charge in [0.05, 0.1) is 19.8 Å². The maximum atomic E-state index is 5.42. The van der Waals surface area contributed by atoms with Crippen LogP contribution in [0, 0.1) is 6.92 Å². The molecule has 0 heterocycles. The van der Waals surface area contributed by atoms with Gasteiger partial charge in [0.1, 0.15) is 11.5 Å². The zero-order valence-electron chi connectivity index (χ0n) is 9.41. The first-order valence-corrected chi connectivity index (χ1v) is 4.82. The van der Waals surface area contributed by atoms with Crippen LogP contribution in [0.3, 0.4) is 0 Å². The minimum atomic E-state index is 0.500. The number of nitrogens with two attached hydrogens (primary N) is 1. The molecule has 0 amide bonds. The van der Waals surface area contributed by atoms with Crippen molar-refractivity contribution in [3.8, 4) is 11.5 Å². The summed E-state index contributed by atoms with van der Waals surface area (Å²) in [6, 6.07) is 3.94. The van der Waals surface area contributed by atoms with Crippen molar-refractivity contribution in [2.75, 3.05) is 20.8 Å². The first-order valence-electron chi connectivity index (χ1n) is 4.82. The van der Waals surface area contributed by atoms with E-state index in [4.69, 9.17) is 15.2 Å². The Hall–Kier alpha value is -1.48. The molecule has 0 aliphatic carbocycles. The number of rotatable bonds is 4. The molecule has 1 rings (SSSR count). The fraction of sp³-hybridized carbons (Fsp3) is 0.333. The first kappa shape index (κ1) is 11.6. The molecular weight excluding hydrogens is 190 g/mol. The Morgan fingerprint density at radius 1 is 1.20 bits per heavy atom. The minimum Gasteiger partial charge on any atom is -0.496 e. The number of aryl methyl sites for hydroxylation is 1. The number of hydrogen-bond donors (Lipinski definition) is 1. The van der Waals surface area contributed by atoms with Gasteiger partial charge in [-0.25, -0.2) is 0 Å². The number of methoxy groups -OCH3 is 2. The van der Waals surface area contributed by atoms with Crippen molar-refractivity contribution in [2.24, 2.45) is 5.73 Å². The van der Waals surface area contributed by atoms with E-state index in [9.17, 15) is 0 Å². The lowest BCUT2D eigenvalue weighted by molar-refractivity contribution is 0.392. The van der Waals surface area contributed by atoms with Gasteiger partial charge >= 0.3 is 0 Å². The highest BCUT2D eigenvalue weighted by Gasteiger charge is 2.07. The van der Waals surface area contributed by atoms with Crippen LogP contribution in [0.2, 0.25) is 0 Å². The summed E-state index contributed by atoms with van der Waals surface area (Å²) >= 11 is 0. The van der Waals surface area contributed by atoms with Crippen LogP contribution in [-0.2, 0) is 0 Å². The van der Waals surface area contributed by atoms with Gasteiger partial charge in [0, 0.05) is 6.54 Å². The molecule has 0 spiro atoms. The van der Waals surface area contributed by atoms with Crippen molar-refractivity contribution >= 4 is 6.08 Å². The van der Waals surface area contributed by atoms with Crippen LogP contribution < -0.4 is 15.2 Å². The largest absolute Gasteiger partial charge is 0.496 e. The van der Waals surface area contributed by atoms with E-state index in [-0.39, 0.29) is 0 Å². The fourth-order valence-corrected chi connectivity index (χ4v) is 1.42. The third kappa shape index (κ3) is 2.73. The van der Waals surface area contributed by atoms with Crippen LogP contribution in [0.25, 0.3) is 6.08 Å². The average Bonchev–Trinajstić information content (AvgIpc) is 2.26. The predicted molar refractivity (Wildman–Crippen MR) is 62.4 cm³/mol. The highest BCUT2D eigenvalue weighted by Crippen LogP contribution is 2.31. The molecule has 0 atom stereocenters. The molecule has 0 aliphatic rings. The number of hydrogen-bond acceptors (Lipinski definition) is 3. The SMILES string of the molecule is COc1cc(C)cc(OC)c1/C=C/CN. The summed E-state index contributed by atoms with van der Waals surface area (Å²) in [6.45, 7) is 2.50. The second-order valence-corrected chi connectivity index (χ2v) is 3.22. The average molecular weight is 207 g/mol. The Morgan fingerprint density at radius 3 is 2.13 bits per heavy atom. The molecule has 0 saturated heterocycles. The van der Waals surface area contributed by atoms with Gasteiger partial charge in [0.25, 0.3) is 0 Å². The molecule has 0 bridgehead atoms. The molecule has 0 aromatic heterocycles. The monoisotopic (exact) mass is 207 g/mol. The lowest BCUT2D eigenvalue weighted by atomic mass is 10.1. The second-order valence-electron chi connectivity index (χ2n) is 3.22. The van der Waals surface area contributed by atoms with Crippen molar-refractivity contribution in [3.05, 3.63) is 29.3 Å². The molecular formula is C12H17NO2. The maximum Gasteiger partial charge on any atom is 0.130 e. The Kier molecular flexibility index (Phi) is 4.18. The summed E-state index contributed by atoms with van der Waals surface area (Å²) in [6.07, 6.45) is 3.78. The molecule has 15 heavy (non-hydrogen) atoms. The molecule has 3 heteroatoms. The number of ether oxygens (including phenoxy) is 2. The van der Waals surface area contributed by atoms with Crippen LogP contribution in [-0.4, -0.2) is 20.8 Å². The van der Waals surface area contributed by atoms with Gasteiger partial charge in [-0.3, -0.25) is 0 Å². The van der Waals surface area contributed by atoms with Crippen LogP contribution in [0.15, 0.2) is 18.2 Å². The standard InChI is InChI=1S/C12H17NO2/c1-9-7-11(14-2)10(5-4-6-13)12(8-9)15-3/h4-5,7-8H,6,13H2,1-3H3/b5-4+. The van der Waals surface area contributed by atoms with Crippen molar-refractivity contribution in [1.82, 2.24) is 0 Å². The third-order valence-electron chi connectivity index (χ3n) is 2.11. The topological polar surface area (TPSA) is 44.5 Å². The summed E-state index contributed by atoms with van der Waals surface area (Å²) < 4.78 is 10.6. The Balaban J connectivity index is 3.24. The lowest BCUT2D eigenvalue weighted by Crippen LogP contribution is -1.96. The van der Waals surface area contributed by atoms with Crippen LogP contribution in [0.4, 0.5) is 0 Å². The van der Waals surface area contributed by atoms with Gasteiger partial charge in [0.15, 0.2) is 0 Å². The highest BCUT2D eigenvalue weighted by molar-refractivity contribution is 5.65. The van der Waals surface area contributed by atoms with E-state index in [1.54, 1.807) is 14.2 Å². The van der Waals surface area contributed by atoms with E-state index in [0.29, 0.717) is 6.54 Å². The van der Waals surface area contributed by atoms with Crippen LogP contribution in [0.5, 0.6) is 11.5 Å². The Morgan fingerprint density at radius 2 is 1.73 bits per heavy atom. The van der Waals surface area contributed by atoms with E-state index in [1.807, 2.05) is 31.2 Å². The smallest absolute Gasteiger partial charge is 0.130 e. The van der Waals surface area contributed by atoms with Gasteiger partial charge < -0.3 is 15.2 Å². The van der Waals surface area contributed by atoms with Gasteiger partial charge in [-0.15, -0.1) is 0 Å². The quantitative estimate of drug-likeness (QED) is 0.821. The molecule has 82 valence electrons. The Bertz CT molecular complexity index is 334. The molecule has 1 aromatic rings. The van der Waals surface area contributed by atoms with E-state index < -0.39 is 0 Å². The molecule has 3 nitrogen and oxygen atoms in total. The molecule has 0 radical (unpaired) electrons. The molecule has 1 aromatic carbocycles. The first-order chi connectivity index (χ1) is 7.22. The molecule has 0 saturated carbocycles. The minimum absolute atomic E-state index is 0.500. The van der Waals surface area contributed by atoms with Crippen molar-refractivity contribution in [1.29, 1.82) is 0 Å². The second kappa shape index (κ2) is 5.41. The summed E-state index contributed by atoms with van der Waals surface area (Å²) in [7, 11) is 3.29. The maximum absolute atomic E-state index is 5.42. The van der Waals surface area contributed by atoms with Crippen molar-refractivity contribution in [3.63, 3.8) is 0 Å². The lowest BCUT2D eigenvalue weighted by Gasteiger charge is -2.11. The predicted octanol–water partition coefficient (Wildman–Crippen LogP) is 1.98. The Labute approximate surface area is 90.5 Å². The zero-order valence-corrected chi connectivity index (χ0v) is 9.41. The third-order valence-corrected chi connectivity index (χ3v) is 2.11. The summed E-state index contributed by atoms with van der Waals surface area (Å²) in [5.41, 5.74) is 7.45. The van der Waals surface area contributed by atoms with E-state index in [2.05, 4.69) is 0 Å². The van der Waals surface area contributed by atoms with Crippen molar-refractivity contribution < 1.29 is 9.47 Å². The van der Waals surface area contributed by atoms with Gasteiger partial charge in [-0.1, -0.05) is 12.2 Å². The van der Waals surface area contributed by atoms with Crippen LogP contribution >= 0.6 is 0 Å². The normalized spacial score (nSPS) is 10.7. The zero-order chi connectivity index (χ0) is 11.3. The van der Waals surface area contributed by atoms with E-state index in [0.717, 1.165) is 22.6 Å². The number of benzene rings is 1. The summed E-state index contributed by atoms with van der Waals surface area (Å²) in [5, 5.41) is 0. The van der Waals surface area contributed by atoms with Gasteiger partial charge in [0.2, 0.25) is 0 Å². The molecule has 0 aliphatic heterocycles.